The average Bonchev–Trinajstić information content (AvgIpc) is 3.14. The number of alkyl carbamates (subject to hydrolysis) is 1. The van der Waals surface area contributed by atoms with Gasteiger partial charge < -0.3 is 20.5 Å². The van der Waals surface area contributed by atoms with E-state index in [1.165, 1.54) is 0 Å². The molecule has 0 radical (unpaired) electrons. The monoisotopic (exact) mass is 462 g/mol. The maximum Gasteiger partial charge on any atom is 0.408 e. The minimum atomic E-state index is -1.02. The first kappa shape index (κ1) is 22.4. The lowest BCUT2D eigenvalue weighted by molar-refractivity contribution is -0.144. The number of carboxylic acids is 1. The number of rotatable bonds is 6. The van der Waals surface area contributed by atoms with E-state index in [4.69, 9.17) is 4.74 Å². The highest BCUT2D eigenvalue weighted by Gasteiger charge is 2.47. The van der Waals surface area contributed by atoms with Crippen LogP contribution in [0.25, 0.3) is 11.1 Å². The van der Waals surface area contributed by atoms with Crippen molar-refractivity contribution in [3.05, 3.63) is 59.7 Å². The maximum absolute atomic E-state index is 13.1. The third-order valence-corrected chi connectivity index (χ3v) is 7.73. The fourth-order valence-corrected chi connectivity index (χ4v) is 5.67. The molecule has 3 aliphatic carbocycles. The molecule has 2 saturated carbocycles. The van der Waals surface area contributed by atoms with Crippen LogP contribution in [0, 0.1) is 5.92 Å². The predicted molar refractivity (Wildman–Crippen MR) is 126 cm³/mol. The zero-order valence-corrected chi connectivity index (χ0v) is 19.1. The van der Waals surface area contributed by atoms with Gasteiger partial charge in [0.25, 0.3) is 0 Å². The summed E-state index contributed by atoms with van der Waals surface area (Å²) in [5.41, 5.74) is 3.54. The Morgan fingerprint density at radius 3 is 2.12 bits per heavy atom. The molecule has 0 bridgehead atoms. The maximum atomic E-state index is 13.1. The quantitative estimate of drug-likeness (QED) is 0.597. The van der Waals surface area contributed by atoms with Gasteiger partial charge in [0.2, 0.25) is 5.91 Å². The molecule has 2 aromatic rings. The highest BCUT2D eigenvalue weighted by atomic mass is 16.5. The van der Waals surface area contributed by atoms with Gasteiger partial charge in [0, 0.05) is 12.0 Å². The van der Waals surface area contributed by atoms with Gasteiger partial charge in [0.1, 0.15) is 12.1 Å². The molecule has 5 rings (SSSR count). The van der Waals surface area contributed by atoms with E-state index in [1.807, 2.05) is 24.3 Å². The van der Waals surface area contributed by atoms with E-state index < -0.39 is 29.6 Å². The van der Waals surface area contributed by atoms with Crippen LogP contribution >= 0.6 is 0 Å². The number of nitrogens with one attached hydrogen (secondary N) is 2. The third-order valence-electron chi connectivity index (χ3n) is 7.73. The van der Waals surface area contributed by atoms with Crippen molar-refractivity contribution in [3.8, 4) is 11.1 Å². The number of carbonyl (C=O) groups excluding carboxylic acids is 2. The fourth-order valence-electron chi connectivity index (χ4n) is 5.67. The number of carboxylic acid groups (broad SMARTS) is 1. The summed E-state index contributed by atoms with van der Waals surface area (Å²) in [5.74, 6) is -1.81. The number of aliphatic carboxylic acids is 1. The van der Waals surface area contributed by atoms with Gasteiger partial charge in [0.15, 0.2) is 0 Å². The zero-order chi connectivity index (χ0) is 23.7. The molecule has 0 aliphatic heterocycles. The van der Waals surface area contributed by atoms with Crippen LogP contribution in [0.4, 0.5) is 4.79 Å². The Kier molecular flexibility index (Phi) is 6.02. The van der Waals surface area contributed by atoms with Gasteiger partial charge in [-0.05, 0) is 54.4 Å². The lowest BCUT2D eigenvalue weighted by atomic mass is 9.75. The Morgan fingerprint density at radius 1 is 0.912 bits per heavy atom. The minimum absolute atomic E-state index is 0.0529. The summed E-state index contributed by atoms with van der Waals surface area (Å²) in [6.07, 6.45) is 4.20. The van der Waals surface area contributed by atoms with Crippen molar-refractivity contribution in [1.82, 2.24) is 10.6 Å². The summed E-state index contributed by atoms with van der Waals surface area (Å²) in [5, 5.41) is 15.3. The van der Waals surface area contributed by atoms with Crippen molar-refractivity contribution in [3.63, 3.8) is 0 Å². The first-order valence-electron chi connectivity index (χ1n) is 12.2. The zero-order valence-electron chi connectivity index (χ0n) is 19.1. The van der Waals surface area contributed by atoms with Crippen molar-refractivity contribution in [2.45, 2.75) is 62.4 Å². The van der Waals surface area contributed by atoms with Crippen molar-refractivity contribution < 1.29 is 24.2 Å². The number of benzene rings is 2. The van der Waals surface area contributed by atoms with Crippen LogP contribution in [0.2, 0.25) is 0 Å². The van der Waals surface area contributed by atoms with Crippen molar-refractivity contribution in [1.29, 1.82) is 0 Å². The molecule has 0 aromatic heterocycles. The number of carbonyl (C=O) groups is 3. The van der Waals surface area contributed by atoms with Crippen LogP contribution in [0.5, 0.6) is 0 Å². The van der Waals surface area contributed by atoms with Crippen LogP contribution in [-0.4, -0.2) is 41.3 Å². The van der Waals surface area contributed by atoms with Crippen LogP contribution in [-0.2, 0) is 14.3 Å². The van der Waals surface area contributed by atoms with Crippen molar-refractivity contribution in [2.24, 2.45) is 5.92 Å². The first-order chi connectivity index (χ1) is 16.5. The molecule has 7 nitrogen and oxygen atoms in total. The van der Waals surface area contributed by atoms with Crippen LogP contribution < -0.4 is 10.6 Å². The van der Waals surface area contributed by atoms with E-state index in [9.17, 15) is 19.5 Å². The minimum Gasteiger partial charge on any atom is -0.481 e. The Bertz CT molecular complexity index is 1060. The molecule has 2 fully saturated rings. The molecule has 2 aromatic carbocycles. The van der Waals surface area contributed by atoms with Crippen LogP contribution in [0.1, 0.15) is 62.0 Å². The summed E-state index contributed by atoms with van der Waals surface area (Å²) >= 11 is 0. The van der Waals surface area contributed by atoms with E-state index in [0.717, 1.165) is 41.5 Å². The lowest BCUT2D eigenvalue weighted by Crippen LogP contribution is -2.65. The van der Waals surface area contributed by atoms with E-state index in [2.05, 4.69) is 34.9 Å². The lowest BCUT2D eigenvalue weighted by Gasteiger charge is -2.42. The predicted octanol–water partition coefficient (Wildman–Crippen LogP) is 4.21. The SMILES string of the molecule is O=C(NC1(C(=O)NC2CCCCC2C(=O)O)CCC1)OCC1c2ccccc2-c2ccccc21. The van der Waals surface area contributed by atoms with Gasteiger partial charge in [-0.1, -0.05) is 61.4 Å². The topological polar surface area (TPSA) is 105 Å². The van der Waals surface area contributed by atoms with Crippen LogP contribution in [0.15, 0.2) is 48.5 Å². The van der Waals surface area contributed by atoms with Crippen LogP contribution in [0.3, 0.4) is 0 Å². The number of hydrogen-bond donors (Lipinski definition) is 3. The molecule has 3 aliphatic rings. The van der Waals surface area contributed by atoms with Crippen molar-refractivity contribution in [2.75, 3.05) is 6.61 Å². The summed E-state index contributed by atoms with van der Waals surface area (Å²) in [6, 6.07) is 15.9. The molecule has 7 heteroatoms. The Labute approximate surface area is 198 Å². The molecule has 3 N–H and O–H groups in total. The Hall–Kier alpha value is -3.35. The van der Waals surface area contributed by atoms with Gasteiger partial charge in [-0.15, -0.1) is 0 Å². The van der Waals surface area contributed by atoms with Crippen molar-refractivity contribution >= 4 is 18.0 Å². The van der Waals surface area contributed by atoms with E-state index in [-0.39, 0.29) is 18.4 Å². The Balaban J connectivity index is 1.23. The second kappa shape index (κ2) is 9.12. The summed E-state index contributed by atoms with van der Waals surface area (Å²) in [4.78, 5) is 37.5. The summed E-state index contributed by atoms with van der Waals surface area (Å²) in [7, 11) is 0. The third kappa shape index (κ3) is 4.04. The smallest absolute Gasteiger partial charge is 0.408 e. The molecule has 2 atom stereocenters. The molecule has 2 amide bonds. The van der Waals surface area contributed by atoms with Gasteiger partial charge in [0.05, 0.1) is 5.92 Å². The number of amides is 2. The molecular formula is C27H30N2O5. The molecule has 0 saturated heterocycles. The normalized spacial score (nSPS) is 22.6. The first-order valence-corrected chi connectivity index (χ1v) is 12.2. The number of ether oxygens (including phenoxy) is 1. The highest BCUT2D eigenvalue weighted by Crippen LogP contribution is 2.44. The highest BCUT2D eigenvalue weighted by molar-refractivity contribution is 5.91. The van der Waals surface area contributed by atoms with Gasteiger partial charge in [-0.2, -0.15) is 0 Å². The summed E-state index contributed by atoms with van der Waals surface area (Å²) < 4.78 is 5.65. The summed E-state index contributed by atoms with van der Waals surface area (Å²) in [6.45, 7) is 0.182. The number of fused-ring (bicyclic) bond motifs is 3. The molecule has 2 unspecified atom stereocenters. The fraction of sp³-hybridized carbons (Fsp3) is 0.444. The Morgan fingerprint density at radius 2 is 1.53 bits per heavy atom. The average molecular weight is 463 g/mol. The van der Waals surface area contributed by atoms with E-state index in [0.29, 0.717) is 25.7 Å². The molecule has 0 heterocycles. The van der Waals surface area contributed by atoms with Gasteiger partial charge >= 0.3 is 12.1 Å². The molecular weight excluding hydrogens is 432 g/mol. The number of hydrogen-bond acceptors (Lipinski definition) is 4. The molecule has 0 spiro atoms. The van der Waals surface area contributed by atoms with E-state index in [1.54, 1.807) is 0 Å². The second-order valence-electron chi connectivity index (χ2n) is 9.70. The largest absolute Gasteiger partial charge is 0.481 e. The second-order valence-corrected chi connectivity index (χ2v) is 9.70. The van der Waals surface area contributed by atoms with Gasteiger partial charge in [-0.25, -0.2) is 4.79 Å². The standard InChI is InChI=1S/C27H30N2O5/c30-24(31)21-12-5-6-13-23(21)28-25(32)27(14-7-15-27)29-26(33)34-16-22-19-10-3-1-8-17(19)18-9-2-4-11-20(18)22/h1-4,8-11,21-23H,5-7,12-16H2,(H,28,32)(H,29,33)(H,30,31). The molecule has 178 valence electrons. The molecule has 34 heavy (non-hydrogen) atoms. The van der Waals surface area contributed by atoms with Gasteiger partial charge in [-0.3, -0.25) is 9.59 Å². The van der Waals surface area contributed by atoms with E-state index >= 15 is 0 Å².